The lowest BCUT2D eigenvalue weighted by Gasteiger charge is -2.30. The molecule has 0 aromatic heterocycles. The lowest BCUT2D eigenvalue weighted by atomic mass is 9.86. The summed E-state index contributed by atoms with van der Waals surface area (Å²) in [5.41, 5.74) is 0.832. The Labute approximate surface area is 101 Å². The standard InChI is InChI=1S/C13H19NO3/c1-9-10(2)12(17)14(11(9)16)7-13(8-15)5-3-4-6-13/h15H,3-8H2,1-2H3. The summed E-state index contributed by atoms with van der Waals surface area (Å²) in [6.45, 7) is 3.81. The monoisotopic (exact) mass is 237 g/mol. The van der Waals surface area contributed by atoms with Gasteiger partial charge in [0.1, 0.15) is 0 Å². The van der Waals surface area contributed by atoms with E-state index in [0.717, 1.165) is 25.7 Å². The number of hydrogen-bond acceptors (Lipinski definition) is 3. The van der Waals surface area contributed by atoms with Crippen LogP contribution in [0.3, 0.4) is 0 Å². The quantitative estimate of drug-likeness (QED) is 0.751. The summed E-state index contributed by atoms with van der Waals surface area (Å²) in [5.74, 6) is -0.376. The molecule has 94 valence electrons. The molecule has 1 fully saturated rings. The van der Waals surface area contributed by atoms with Gasteiger partial charge in [0, 0.05) is 23.1 Å². The van der Waals surface area contributed by atoms with Crippen LogP contribution in [0.1, 0.15) is 39.5 Å². The van der Waals surface area contributed by atoms with Gasteiger partial charge in [0.2, 0.25) is 0 Å². The Kier molecular flexibility index (Phi) is 3.08. The van der Waals surface area contributed by atoms with Crippen LogP contribution in [-0.4, -0.2) is 35.0 Å². The molecule has 0 bridgehead atoms. The van der Waals surface area contributed by atoms with Crippen molar-refractivity contribution >= 4 is 11.8 Å². The van der Waals surface area contributed by atoms with E-state index in [-0.39, 0.29) is 23.8 Å². The molecular weight excluding hydrogens is 218 g/mol. The molecule has 0 atom stereocenters. The number of rotatable bonds is 3. The molecule has 1 aliphatic heterocycles. The summed E-state index contributed by atoms with van der Waals surface area (Å²) in [7, 11) is 0. The number of carbonyl (C=O) groups excluding carboxylic acids is 2. The number of aliphatic hydroxyl groups is 1. The first-order valence-corrected chi connectivity index (χ1v) is 6.15. The van der Waals surface area contributed by atoms with Crippen LogP contribution in [0.4, 0.5) is 0 Å². The number of hydrogen-bond donors (Lipinski definition) is 1. The first-order valence-electron chi connectivity index (χ1n) is 6.15. The van der Waals surface area contributed by atoms with Crippen molar-refractivity contribution in [2.75, 3.05) is 13.2 Å². The van der Waals surface area contributed by atoms with Crippen molar-refractivity contribution in [2.45, 2.75) is 39.5 Å². The molecule has 4 heteroatoms. The maximum Gasteiger partial charge on any atom is 0.256 e. The van der Waals surface area contributed by atoms with Gasteiger partial charge in [-0.2, -0.15) is 0 Å². The van der Waals surface area contributed by atoms with Crippen molar-refractivity contribution < 1.29 is 14.7 Å². The summed E-state index contributed by atoms with van der Waals surface area (Å²) < 4.78 is 0. The molecule has 17 heavy (non-hydrogen) atoms. The molecule has 1 N–H and O–H groups in total. The summed E-state index contributed by atoms with van der Waals surface area (Å²) in [5, 5.41) is 9.52. The summed E-state index contributed by atoms with van der Waals surface area (Å²) in [4.78, 5) is 25.2. The Bertz CT molecular complexity index is 367. The van der Waals surface area contributed by atoms with E-state index in [1.165, 1.54) is 4.90 Å². The predicted octanol–water partition coefficient (Wildman–Crippen LogP) is 1.24. The summed E-state index contributed by atoms with van der Waals surface area (Å²) in [6, 6.07) is 0. The molecule has 0 saturated heterocycles. The zero-order valence-electron chi connectivity index (χ0n) is 10.5. The van der Waals surface area contributed by atoms with Crippen molar-refractivity contribution in [3.63, 3.8) is 0 Å². The van der Waals surface area contributed by atoms with E-state index < -0.39 is 0 Å². The number of nitrogens with zero attached hydrogens (tertiary/aromatic N) is 1. The minimum absolute atomic E-state index is 0.0577. The van der Waals surface area contributed by atoms with Crippen molar-refractivity contribution in [3.05, 3.63) is 11.1 Å². The second-order valence-electron chi connectivity index (χ2n) is 5.31. The van der Waals surface area contributed by atoms with Crippen molar-refractivity contribution in [1.82, 2.24) is 4.90 Å². The molecule has 1 saturated carbocycles. The van der Waals surface area contributed by atoms with Crippen LogP contribution in [0, 0.1) is 5.41 Å². The highest BCUT2D eigenvalue weighted by Crippen LogP contribution is 2.39. The SMILES string of the molecule is CC1=C(C)C(=O)N(CC2(CO)CCCC2)C1=O. The fourth-order valence-electron chi connectivity index (χ4n) is 2.79. The van der Waals surface area contributed by atoms with Gasteiger partial charge in [0.15, 0.2) is 0 Å². The Morgan fingerprint density at radius 3 is 2.00 bits per heavy atom. The number of carbonyl (C=O) groups is 2. The minimum Gasteiger partial charge on any atom is -0.396 e. The van der Waals surface area contributed by atoms with Crippen molar-refractivity contribution in [1.29, 1.82) is 0 Å². The summed E-state index contributed by atoms with van der Waals surface area (Å²) in [6.07, 6.45) is 3.95. The first kappa shape index (κ1) is 12.3. The average Bonchev–Trinajstić information content (AvgIpc) is 2.87. The van der Waals surface area contributed by atoms with E-state index in [4.69, 9.17) is 0 Å². The lowest BCUT2D eigenvalue weighted by Crippen LogP contribution is -2.42. The van der Waals surface area contributed by atoms with Gasteiger partial charge in [-0.15, -0.1) is 0 Å². The van der Waals surface area contributed by atoms with Crippen LogP contribution >= 0.6 is 0 Å². The molecular formula is C13H19NO3. The van der Waals surface area contributed by atoms with Gasteiger partial charge >= 0.3 is 0 Å². The second kappa shape index (κ2) is 4.26. The van der Waals surface area contributed by atoms with Crippen LogP contribution in [0.25, 0.3) is 0 Å². The van der Waals surface area contributed by atoms with E-state index in [1.807, 2.05) is 0 Å². The third-order valence-electron chi connectivity index (χ3n) is 4.19. The Morgan fingerprint density at radius 1 is 1.12 bits per heavy atom. The molecule has 2 aliphatic rings. The fourth-order valence-corrected chi connectivity index (χ4v) is 2.79. The fraction of sp³-hybridized carbons (Fsp3) is 0.692. The Hall–Kier alpha value is -1.16. The molecule has 1 aliphatic carbocycles. The maximum atomic E-state index is 11.9. The van der Waals surface area contributed by atoms with E-state index in [1.54, 1.807) is 13.8 Å². The highest BCUT2D eigenvalue weighted by atomic mass is 16.3. The largest absolute Gasteiger partial charge is 0.396 e. The molecule has 1 heterocycles. The van der Waals surface area contributed by atoms with Crippen molar-refractivity contribution in [2.24, 2.45) is 5.41 Å². The van der Waals surface area contributed by atoms with Crippen LogP contribution in [0.15, 0.2) is 11.1 Å². The van der Waals surface area contributed by atoms with E-state index in [2.05, 4.69) is 0 Å². The zero-order chi connectivity index (χ0) is 12.6. The molecule has 0 spiro atoms. The predicted molar refractivity (Wildman–Crippen MR) is 63.1 cm³/mol. The Morgan fingerprint density at radius 2 is 1.59 bits per heavy atom. The van der Waals surface area contributed by atoms with Gasteiger partial charge in [-0.3, -0.25) is 14.5 Å². The molecule has 0 aromatic rings. The van der Waals surface area contributed by atoms with Gasteiger partial charge in [-0.1, -0.05) is 12.8 Å². The van der Waals surface area contributed by atoms with Crippen LogP contribution in [0.5, 0.6) is 0 Å². The van der Waals surface area contributed by atoms with E-state index in [9.17, 15) is 14.7 Å². The first-order chi connectivity index (χ1) is 8.01. The zero-order valence-corrected chi connectivity index (χ0v) is 10.5. The molecule has 2 rings (SSSR count). The molecule has 4 nitrogen and oxygen atoms in total. The molecule has 2 amide bonds. The summed E-state index contributed by atoms with van der Waals surface area (Å²) >= 11 is 0. The van der Waals surface area contributed by atoms with E-state index in [0.29, 0.717) is 17.7 Å². The minimum atomic E-state index is -0.254. The smallest absolute Gasteiger partial charge is 0.256 e. The Balaban J connectivity index is 2.16. The van der Waals surface area contributed by atoms with E-state index >= 15 is 0 Å². The second-order valence-corrected chi connectivity index (χ2v) is 5.31. The normalized spacial score (nSPS) is 24.1. The highest BCUT2D eigenvalue weighted by molar-refractivity contribution is 6.18. The maximum absolute atomic E-state index is 11.9. The van der Waals surface area contributed by atoms with Gasteiger partial charge in [0.05, 0.1) is 6.61 Å². The molecule has 0 unspecified atom stereocenters. The highest BCUT2D eigenvalue weighted by Gasteiger charge is 2.41. The number of amides is 2. The van der Waals surface area contributed by atoms with Gasteiger partial charge < -0.3 is 5.11 Å². The third-order valence-corrected chi connectivity index (χ3v) is 4.19. The van der Waals surface area contributed by atoms with Gasteiger partial charge in [0.25, 0.3) is 11.8 Å². The topological polar surface area (TPSA) is 57.6 Å². The van der Waals surface area contributed by atoms with Crippen LogP contribution in [-0.2, 0) is 9.59 Å². The molecule has 0 radical (unpaired) electrons. The average molecular weight is 237 g/mol. The van der Waals surface area contributed by atoms with Gasteiger partial charge in [-0.05, 0) is 26.7 Å². The third kappa shape index (κ3) is 1.90. The molecule has 0 aromatic carbocycles. The van der Waals surface area contributed by atoms with Crippen LogP contribution in [0.2, 0.25) is 0 Å². The van der Waals surface area contributed by atoms with Crippen molar-refractivity contribution in [3.8, 4) is 0 Å². The lowest BCUT2D eigenvalue weighted by molar-refractivity contribution is -0.139. The number of aliphatic hydroxyl groups excluding tert-OH is 1. The van der Waals surface area contributed by atoms with Crippen LogP contribution < -0.4 is 0 Å². The van der Waals surface area contributed by atoms with Gasteiger partial charge in [-0.25, -0.2) is 0 Å². The number of imide groups is 1.